The molecule has 3 aromatic rings. The summed E-state index contributed by atoms with van der Waals surface area (Å²) in [7, 11) is -3.73. The van der Waals surface area contributed by atoms with Gasteiger partial charge in [0.1, 0.15) is 12.4 Å². The van der Waals surface area contributed by atoms with E-state index < -0.39 is 14.9 Å². The Hall–Kier alpha value is -3.92. The van der Waals surface area contributed by atoms with E-state index in [1.54, 1.807) is 31.2 Å². The normalized spacial score (nSPS) is 11.1. The Balaban J connectivity index is 1.66. The van der Waals surface area contributed by atoms with Crippen LogP contribution in [0, 0.1) is 24.0 Å². The van der Waals surface area contributed by atoms with Gasteiger partial charge in [0, 0.05) is 17.7 Å². The fraction of sp³-hybridized carbons (Fsp3) is 0.240. The molecule has 3 aromatic carbocycles. The summed E-state index contributed by atoms with van der Waals surface area (Å²) in [6, 6.07) is 18.2. The molecule has 0 atom stereocenters. The Bertz CT molecular complexity index is 1320. The number of nitrogens with one attached hydrogen (secondary N) is 1. The SMILES string of the molecule is Cc1ccccc1OCCNC(=O)c1ccc(CN(c2cc([N+](=O)[O-])ccc2C)S(C)(=O)=O)cc1. The second kappa shape index (κ2) is 11.0. The van der Waals surface area contributed by atoms with E-state index >= 15 is 0 Å². The van der Waals surface area contributed by atoms with Gasteiger partial charge in [-0.05, 0) is 48.7 Å². The molecule has 0 aliphatic rings. The van der Waals surface area contributed by atoms with Crippen molar-refractivity contribution in [1.29, 1.82) is 0 Å². The highest BCUT2D eigenvalue weighted by molar-refractivity contribution is 7.92. The topological polar surface area (TPSA) is 119 Å². The number of hydrogen-bond acceptors (Lipinski definition) is 6. The number of nitro benzene ring substituents is 1. The summed E-state index contributed by atoms with van der Waals surface area (Å²) in [5, 5.41) is 14.0. The van der Waals surface area contributed by atoms with Crippen LogP contribution in [0.15, 0.2) is 66.7 Å². The van der Waals surface area contributed by atoms with Crippen LogP contribution < -0.4 is 14.4 Å². The van der Waals surface area contributed by atoms with E-state index in [9.17, 15) is 23.3 Å². The summed E-state index contributed by atoms with van der Waals surface area (Å²) in [4.78, 5) is 23.0. The lowest BCUT2D eigenvalue weighted by Crippen LogP contribution is -2.30. The van der Waals surface area contributed by atoms with Crippen molar-refractivity contribution in [3.8, 4) is 5.75 Å². The molecule has 35 heavy (non-hydrogen) atoms. The van der Waals surface area contributed by atoms with Crippen molar-refractivity contribution in [2.24, 2.45) is 0 Å². The zero-order chi connectivity index (χ0) is 25.6. The second-order valence-electron chi connectivity index (χ2n) is 8.06. The van der Waals surface area contributed by atoms with Crippen LogP contribution >= 0.6 is 0 Å². The zero-order valence-corrected chi connectivity index (χ0v) is 20.5. The number of nitrogens with zero attached hydrogens (tertiary/aromatic N) is 2. The number of carbonyl (C=O) groups excluding carboxylic acids is 1. The molecule has 0 aliphatic carbocycles. The van der Waals surface area contributed by atoms with Gasteiger partial charge in [-0.1, -0.05) is 36.4 Å². The molecule has 9 nitrogen and oxygen atoms in total. The van der Waals surface area contributed by atoms with Crippen LogP contribution in [-0.2, 0) is 16.6 Å². The Morgan fingerprint density at radius 2 is 1.71 bits per heavy atom. The van der Waals surface area contributed by atoms with Gasteiger partial charge in [-0.15, -0.1) is 0 Å². The van der Waals surface area contributed by atoms with Crippen LogP contribution in [0.1, 0.15) is 27.0 Å². The molecule has 3 rings (SSSR count). The van der Waals surface area contributed by atoms with Gasteiger partial charge >= 0.3 is 0 Å². The molecule has 1 N–H and O–H groups in total. The van der Waals surface area contributed by atoms with Gasteiger partial charge in [-0.3, -0.25) is 19.2 Å². The molecule has 0 heterocycles. The van der Waals surface area contributed by atoms with Crippen molar-refractivity contribution in [2.45, 2.75) is 20.4 Å². The third kappa shape index (κ3) is 6.80. The van der Waals surface area contributed by atoms with Crippen molar-refractivity contribution in [3.63, 3.8) is 0 Å². The highest BCUT2D eigenvalue weighted by Gasteiger charge is 2.22. The summed E-state index contributed by atoms with van der Waals surface area (Å²) in [6.45, 7) is 4.24. The number of carbonyl (C=O) groups is 1. The maximum Gasteiger partial charge on any atom is 0.271 e. The molecule has 0 unspecified atom stereocenters. The summed E-state index contributed by atoms with van der Waals surface area (Å²) in [5.41, 5.74) is 2.68. The van der Waals surface area contributed by atoms with Crippen molar-refractivity contribution in [2.75, 3.05) is 23.7 Å². The third-order valence-corrected chi connectivity index (χ3v) is 6.48. The lowest BCUT2D eigenvalue weighted by atomic mass is 10.1. The molecule has 0 aromatic heterocycles. The number of sulfonamides is 1. The van der Waals surface area contributed by atoms with Crippen LogP contribution in [0.4, 0.5) is 11.4 Å². The smallest absolute Gasteiger partial charge is 0.271 e. The lowest BCUT2D eigenvalue weighted by molar-refractivity contribution is -0.384. The average Bonchev–Trinajstić information content (AvgIpc) is 2.81. The second-order valence-corrected chi connectivity index (χ2v) is 9.97. The first kappa shape index (κ1) is 25.7. The molecular formula is C25H27N3O6S. The van der Waals surface area contributed by atoms with Crippen molar-refractivity contribution >= 4 is 27.3 Å². The number of benzene rings is 3. The van der Waals surface area contributed by atoms with E-state index in [0.29, 0.717) is 29.8 Å². The number of aryl methyl sites for hydroxylation is 2. The quantitative estimate of drug-likeness (QED) is 0.257. The van der Waals surface area contributed by atoms with Gasteiger partial charge in [-0.25, -0.2) is 8.42 Å². The van der Waals surface area contributed by atoms with Crippen molar-refractivity contribution < 1.29 is 22.9 Å². The van der Waals surface area contributed by atoms with Gasteiger partial charge in [0.25, 0.3) is 11.6 Å². The predicted octanol–water partition coefficient (Wildman–Crippen LogP) is 3.99. The van der Waals surface area contributed by atoms with E-state index in [1.165, 1.54) is 18.2 Å². The number of para-hydroxylation sites is 1. The minimum absolute atomic E-state index is 0.0347. The van der Waals surface area contributed by atoms with Gasteiger partial charge in [0.05, 0.1) is 30.0 Å². The highest BCUT2D eigenvalue weighted by atomic mass is 32.2. The first-order valence-electron chi connectivity index (χ1n) is 10.8. The first-order valence-corrected chi connectivity index (χ1v) is 12.7. The van der Waals surface area contributed by atoms with Gasteiger partial charge in [0.15, 0.2) is 0 Å². The molecule has 0 spiro atoms. The summed E-state index contributed by atoms with van der Waals surface area (Å²) in [6.07, 6.45) is 1.05. The van der Waals surface area contributed by atoms with Gasteiger partial charge in [0.2, 0.25) is 10.0 Å². The summed E-state index contributed by atoms with van der Waals surface area (Å²) >= 11 is 0. The van der Waals surface area contributed by atoms with E-state index in [1.807, 2.05) is 31.2 Å². The molecule has 0 fully saturated rings. The largest absolute Gasteiger partial charge is 0.491 e. The van der Waals surface area contributed by atoms with Crippen LogP contribution in [0.3, 0.4) is 0 Å². The van der Waals surface area contributed by atoms with E-state index in [4.69, 9.17) is 4.74 Å². The van der Waals surface area contributed by atoms with Crippen LogP contribution in [0.2, 0.25) is 0 Å². The zero-order valence-electron chi connectivity index (χ0n) is 19.7. The maximum absolute atomic E-state index is 12.5. The van der Waals surface area contributed by atoms with Crippen molar-refractivity contribution in [3.05, 3.63) is 99.1 Å². The molecular weight excluding hydrogens is 470 g/mol. The van der Waals surface area contributed by atoms with Crippen LogP contribution in [-0.4, -0.2) is 38.7 Å². The Morgan fingerprint density at radius 3 is 2.34 bits per heavy atom. The molecule has 0 radical (unpaired) electrons. The average molecular weight is 498 g/mol. The number of nitro groups is 1. The summed E-state index contributed by atoms with van der Waals surface area (Å²) in [5.74, 6) is 0.486. The van der Waals surface area contributed by atoms with E-state index in [0.717, 1.165) is 21.9 Å². The Kier molecular flexibility index (Phi) is 8.08. The predicted molar refractivity (Wildman–Crippen MR) is 134 cm³/mol. The van der Waals surface area contributed by atoms with Gasteiger partial charge in [-0.2, -0.15) is 0 Å². The number of anilines is 1. The third-order valence-electron chi connectivity index (χ3n) is 5.35. The fourth-order valence-electron chi connectivity index (χ4n) is 3.43. The number of non-ortho nitro benzene ring substituents is 1. The van der Waals surface area contributed by atoms with Crippen molar-refractivity contribution in [1.82, 2.24) is 5.32 Å². The minimum Gasteiger partial charge on any atom is -0.491 e. The highest BCUT2D eigenvalue weighted by Crippen LogP contribution is 2.29. The first-order chi connectivity index (χ1) is 16.6. The van der Waals surface area contributed by atoms with Crippen LogP contribution in [0.5, 0.6) is 5.75 Å². The molecule has 0 saturated heterocycles. The number of amides is 1. The lowest BCUT2D eigenvalue weighted by Gasteiger charge is -2.24. The van der Waals surface area contributed by atoms with E-state index in [2.05, 4.69) is 5.32 Å². The molecule has 0 bridgehead atoms. The molecule has 1 amide bonds. The molecule has 10 heteroatoms. The number of hydrogen-bond donors (Lipinski definition) is 1. The standard InChI is InChI=1S/C25H27N3O6S/c1-18-8-13-22(28(30)31)16-23(18)27(35(3,32)33)17-20-9-11-21(12-10-20)25(29)26-14-15-34-24-7-5-4-6-19(24)2/h4-13,16H,14-15,17H2,1-3H3,(H,26,29). The molecule has 184 valence electrons. The van der Waals surface area contributed by atoms with Crippen LogP contribution in [0.25, 0.3) is 0 Å². The fourth-order valence-corrected chi connectivity index (χ4v) is 4.37. The van der Waals surface area contributed by atoms with E-state index in [-0.39, 0.29) is 23.8 Å². The Labute approximate surface area is 204 Å². The summed E-state index contributed by atoms with van der Waals surface area (Å²) < 4.78 is 31.8. The minimum atomic E-state index is -3.73. The maximum atomic E-state index is 12.5. The molecule has 0 saturated carbocycles. The Morgan fingerprint density at radius 1 is 1.03 bits per heavy atom. The van der Waals surface area contributed by atoms with Gasteiger partial charge < -0.3 is 10.1 Å². The number of rotatable bonds is 10. The number of ether oxygens (including phenoxy) is 1. The monoisotopic (exact) mass is 497 g/mol. The molecule has 0 aliphatic heterocycles.